The van der Waals surface area contributed by atoms with Gasteiger partial charge in [0.15, 0.2) is 0 Å². The van der Waals surface area contributed by atoms with Gasteiger partial charge in [0, 0.05) is 56.5 Å². The average Bonchev–Trinajstić information content (AvgIpc) is 3.48. The molecule has 3 aromatic carbocycles. The quantitative estimate of drug-likeness (QED) is 0.231. The highest BCUT2D eigenvalue weighted by atomic mass is 16.2. The Morgan fingerprint density at radius 2 is 1.12 bits per heavy atom. The fraction of sp³-hybridized carbons (Fsp3) is 0. The lowest BCUT2D eigenvalue weighted by molar-refractivity contribution is 0.0954. The first-order chi connectivity index (χ1) is 16.7. The van der Waals surface area contributed by atoms with Crippen molar-refractivity contribution in [2.75, 3.05) is 0 Å². The van der Waals surface area contributed by atoms with Crippen molar-refractivity contribution in [1.82, 2.24) is 20.8 Å². The molecule has 0 aliphatic carbocycles. The number of carbonyl (C=O) groups is 2. The van der Waals surface area contributed by atoms with Crippen molar-refractivity contribution in [3.8, 4) is 0 Å². The maximum atomic E-state index is 12.5. The van der Waals surface area contributed by atoms with Gasteiger partial charge in [0.2, 0.25) is 0 Å². The Bertz CT molecular complexity index is 1450. The highest BCUT2D eigenvalue weighted by Crippen LogP contribution is 2.16. The van der Waals surface area contributed by atoms with Crippen LogP contribution < -0.4 is 10.9 Å². The highest BCUT2D eigenvalue weighted by Gasteiger charge is 2.10. The van der Waals surface area contributed by atoms with Crippen LogP contribution in [0.4, 0.5) is 0 Å². The molecule has 0 spiro atoms. The molecule has 0 radical (unpaired) electrons. The second kappa shape index (κ2) is 9.25. The Hall–Kier alpha value is -4.98. The fourth-order valence-electron chi connectivity index (χ4n) is 3.65. The topological polar surface area (TPSA) is 114 Å². The summed E-state index contributed by atoms with van der Waals surface area (Å²) in [5.74, 6) is -0.846. The third-order valence-electron chi connectivity index (χ3n) is 5.37. The van der Waals surface area contributed by atoms with Gasteiger partial charge < -0.3 is 9.97 Å². The predicted molar refractivity (Wildman–Crippen MR) is 133 cm³/mol. The third-order valence-corrected chi connectivity index (χ3v) is 5.37. The maximum absolute atomic E-state index is 12.5. The van der Waals surface area contributed by atoms with Gasteiger partial charge in [0.25, 0.3) is 11.8 Å². The molecule has 2 amide bonds. The van der Waals surface area contributed by atoms with E-state index in [0.717, 1.165) is 32.9 Å². The SMILES string of the molecule is O=C(N/N=C/c1c[nH]c2ccccc12)c1cccc(C(=O)N/N=C/c2c[nH]c3ccccc23)c1. The standard InChI is InChI=1S/C26H20N6O2/c33-25(31-29-15-19-13-27-23-10-3-1-8-21(19)23)17-6-5-7-18(12-17)26(34)32-30-16-20-14-28-24-11-4-2-9-22(20)24/h1-16,27-28H,(H,31,33)(H,32,34)/b29-15+,30-16+. The minimum absolute atomic E-state index is 0.310. The van der Waals surface area contributed by atoms with Crippen molar-refractivity contribution < 1.29 is 9.59 Å². The van der Waals surface area contributed by atoms with Gasteiger partial charge in [0.05, 0.1) is 12.4 Å². The Morgan fingerprint density at radius 1 is 0.647 bits per heavy atom. The molecule has 2 heterocycles. The Morgan fingerprint density at radius 3 is 1.62 bits per heavy atom. The molecule has 0 unspecified atom stereocenters. The first-order valence-corrected chi connectivity index (χ1v) is 10.6. The Kier molecular flexibility index (Phi) is 5.69. The van der Waals surface area contributed by atoms with Gasteiger partial charge in [-0.15, -0.1) is 0 Å². The summed E-state index contributed by atoms with van der Waals surface area (Å²) in [6.07, 6.45) is 6.80. The molecule has 0 fully saturated rings. The van der Waals surface area contributed by atoms with Gasteiger partial charge in [-0.2, -0.15) is 10.2 Å². The second-order valence-corrected chi connectivity index (χ2v) is 7.56. The van der Waals surface area contributed by atoms with Crippen LogP contribution in [-0.2, 0) is 0 Å². The van der Waals surface area contributed by atoms with E-state index < -0.39 is 11.8 Å². The predicted octanol–water partition coefficient (Wildman–Crippen LogP) is 4.18. The van der Waals surface area contributed by atoms with Gasteiger partial charge >= 0.3 is 0 Å². The Balaban J connectivity index is 1.22. The van der Waals surface area contributed by atoms with Gasteiger partial charge in [-0.1, -0.05) is 42.5 Å². The van der Waals surface area contributed by atoms with E-state index in [-0.39, 0.29) is 0 Å². The van der Waals surface area contributed by atoms with E-state index in [1.165, 1.54) is 6.07 Å². The van der Waals surface area contributed by atoms with Crippen LogP contribution in [0.25, 0.3) is 21.8 Å². The molecule has 2 aromatic heterocycles. The van der Waals surface area contributed by atoms with Crippen LogP contribution in [0.5, 0.6) is 0 Å². The molecule has 166 valence electrons. The zero-order chi connectivity index (χ0) is 23.3. The van der Waals surface area contributed by atoms with Gasteiger partial charge in [-0.25, -0.2) is 10.9 Å². The van der Waals surface area contributed by atoms with Crippen LogP contribution >= 0.6 is 0 Å². The van der Waals surface area contributed by atoms with Crippen LogP contribution in [0.2, 0.25) is 0 Å². The minimum atomic E-state index is -0.423. The van der Waals surface area contributed by atoms with E-state index in [1.807, 2.05) is 60.9 Å². The normalized spacial score (nSPS) is 11.5. The number of carbonyl (C=O) groups excluding carboxylic acids is 2. The van der Waals surface area contributed by atoms with Crippen LogP contribution in [0.1, 0.15) is 31.8 Å². The zero-order valence-corrected chi connectivity index (χ0v) is 17.9. The summed E-state index contributed by atoms with van der Waals surface area (Å²) in [5, 5.41) is 10.1. The Labute approximate surface area is 194 Å². The number of aromatic amines is 2. The lowest BCUT2D eigenvalue weighted by Crippen LogP contribution is -2.20. The molecule has 5 rings (SSSR count). The van der Waals surface area contributed by atoms with Crippen molar-refractivity contribution >= 4 is 46.0 Å². The molecule has 4 N–H and O–H groups in total. The van der Waals surface area contributed by atoms with Crippen molar-refractivity contribution in [2.45, 2.75) is 0 Å². The number of hydrogen-bond donors (Lipinski definition) is 4. The van der Waals surface area contributed by atoms with Gasteiger partial charge in [0.1, 0.15) is 0 Å². The molecule has 0 aliphatic heterocycles. The number of para-hydroxylation sites is 2. The number of amides is 2. The first kappa shape index (κ1) is 20.9. The molecule has 0 saturated heterocycles. The van der Waals surface area contributed by atoms with Crippen molar-refractivity contribution in [3.63, 3.8) is 0 Å². The number of nitrogens with one attached hydrogen (secondary N) is 4. The summed E-state index contributed by atoms with van der Waals surface area (Å²) in [4.78, 5) is 31.3. The fourth-order valence-corrected chi connectivity index (χ4v) is 3.65. The second-order valence-electron chi connectivity index (χ2n) is 7.56. The average molecular weight is 448 g/mol. The van der Waals surface area contributed by atoms with E-state index in [9.17, 15) is 9.59 Å². The van der Waals surface area contributed by atoms with Gasteiger partial charge in [-0.3, -0.25) is 9.59 Å². The smallest absolute Gasteiger partial charge is 0.271 e. The number of benzene rings is 3. The van der Waals surface area contributed by atoms with Gasteiger partial charge in [-0.05, 0) is 30.3 Å². The summed E-state index contributed by atoms with van der Waals surface area (Å²) in [7, 11) is 0. The lowest BCUT2D eigenvalue weighted by Gasteiger charge is -2.03. The maximum Gasteiger partial charge on any atom is 0.271 e. The van der Waals surface area contributed by atoms with E-state index in [1.54, 1.807) is 30.6 Å². The van der Waals surface area contributed by atoms with Crippen LogP contribution in [0.15, 0.2) is 95.4 Å². The molecule has 5 aromatic rings. The minimum Gasteiger partial charge on any atom is -0.361 e. The van der Waals surface area contributed by atoms with Crippen LogP contribution in [-0.4, -0.2) is 34.2 Å². The number of H-pyrrole nitrogens is 2. The van der Waals surface area contributed by atoms with Crippen LogP contribution in [0.3, 0.4) is 0 Å². The molecule has 8 nitrogen and oxygen atoms in total. The van der Waals surface area contributed by atoms with E-state index in [4.69, 9.17) is 0 Å². The molecule has 8 heteroatoms. The lowest BCUT2D eigenvalue weighted by atomic mass is 10.1. The highest BCUT2D eigenvalue weighted by molar-refractivity contribution is 6.02. The third kappa shape index (κ3) is 4.33. The number of hydrogen-bond acceptors (Lipinski definition) is 4. The van der Waals surface area contributed by atoms with Crippen molar-refractivity contribution in [3.05, 3.63) is 107 Å². The van der Waals surface area contributed by atoms with Crippen molar-refractivity contribution in [2.24, 2.45) is 10.2 Å². The summed E-state index contributed by atoms with van der Waals surface area (Å²) in [5.41, 5.74) is 9.31. The number of nitrogens with zero attached hydrogens (tertiary/aromatic N) is 2. The summed E-state index contributed by atoms with van der Waals surface area (Å²) in [6.45, 7) is 0. The number of aromatic nitrogens is 2. The molecular formula is C26H20N6O2. The number of rotatable bonds is 6. The number of hydrazone groups is 2. The molecule has 0 saturated carbocycles. The van der Waals surface area contributed by atoms with Crippen molar-refractivity contribution in [1.29, 1.82) is 0 Å². The molecule has 0 aliphatic rings. The number of fused-ring (bicyclic) bond motifs is 2. The van der Waals surface area contributed by atoms with E-state index >= 15 is 0 Å². The van der Waals surface area contributed by atoms with E-state index in [2.05, 4.69) is 31.0 Å². The summed E-state index contributed by atoms with van der Waals surface area (Å²) >= 11 is 0. The first-order valence-electron chi connectivity index (χ1n) is 10.6. The summed E-state index contributed by atoms with van der Waals surface area (Å²) < 4.78 is 0. The molecule has 34 heavy (non-hydrogen) atoms. The summed E-state index contributed by atoms with van der Waals surface area (Å²) in [6, 6.07) is 22.0. The van der Waals surface area contributed by atoms with E-state index in [0.29, 0.717) is 11.1 Å². The monoisotopic (exact) mass is 448 g/mol. The van der Waals surface area contributed by atoms with Crippen LogP contribution in [0, 0.1) is 0 Å². The largest absolute Gasteiger partial charge is 0.361 e. The molecule has 0 atom stereocenters. The molecular weight excluding hydrogens is 428 g/mol. The zero-order valence-electron chi connectivity index (χ0n) is 17.9. The molecule has 0 bridgehead atoms.